The van der Waals surface area contributed by atoms with Crippen LogP contribution >= 0.6 is 0 Å². The molecule has 2 atom stereocenters. The number of allylic oxidation sites excluding steroid dienone is 4. The van der Waals surface area contributed by atoms with Gasteiger partial charge in [-0.15, -0.1) is 0 Å². The summed E-state index contributed by atoms with van der Waals surface area (Å²) >= 11 is 0. The maximum atomic E-state index is 10.5. The van der Waals surface area contributed by atoms with E-state index in [1.165, 1.54) is 22.3 Å². The lowest BCUT2D eigenvalue weighted by atomic mass is 9.68. The lowest BCUT2D eigenvalue weighted by molar-refractivity contribution is -0.109. The van der Waals surface area contributed by atoms with Gasteiger partial charge >= 0.3 is 0 Å². The molecule has 3 heteroatoms. The zero-order valence-corrected chi connectivity index (χ0v) is 15.3. The zero-order chi connectivity index (χ0) is 18.6. The quantitative estimate of drug-likeness (QED) is 0.768. The third-order valence-electron chi connectivity index (χ3n) is 5.67. The second kappa shape index (κ2) is 7.83. The van der Waals surface area contributed by atoms with E-state index in [9.17, 15) is 9.90 Å². The van der Waals surface area contributed by atoms with Crippen molar-refractivity contribution in [1.29, 1.82) is 0 Å². The second-order valence-corrected chi connectivity index (χ2v) is 7.26. The molecule has 0 aliphatic heterocycles. The molecule has 0 spiro atoms. The molecule has 0 fully saturated rings. The molecule has 27 heavy (non-hydrogen) atoms. The fourth-order valence-electron chi connectivity index (χ4n) is 4.45. The fourth-order valence-corrected chi connectivity index (χ4v) is 4.45. The number of benzene rings is 2. The molecule has 0 radical (unpaired) electrons. The van der Waals surface area contributed by atoms with Crippen molar-refractivity contribution in [2.24, 2.45) is 5.92 Å². The molecule has 0 bridgehead atoms. The Balaban J connectivity index is 1.73. The Hall–Kier alpha value is -2.81. The summed E-state index contributed by atoms with van der Waals surface area (Å²) in [4.78, 5) is 10.5. The Morgan fingerprint density at radius 3 is 2.70 bits per heavy atom. The van der Waals surface area contributed by atoms with E-state index in [-0.39, 0.29) is 12.5 Å². The number of hydrogen-bond donors (Lipinski definition) is 1. The zero-order valence-electron chi connectivity index (χ0n) is 15.3. The van der Waals surface area contributed by atoms with Gasteiger partial charge in [0.25, 0.3) is 0 Å². The van der Waals surface area contributed by atoms with Crippen LogP contribution in [0.3, 0.4) is 0 Å². The van der Waals surface area contributed by atoms with Crippen molar-refractivity contribution in [2.75, 3.05) is 6.61 Å². The van der Waals surface area contributed by atoms with Crippen LogP contribution in [0.1, 0.15) is 41.9 Å². The number of ether oxygens (including phenoxy) is 1. The largest absolute Gasteiger partial charge is 0.508 e. The van der Waals surface area contributed by atoms with Crippen LogP contribution < -0.4 is 4.74 Å². The van der Waals surface area contributed by atoms with Crippen LogP contribution in [0.5, 0.6) is 11.5 Å². The van der Waals surface area contributed by atoms with Gasteiger partial charge in [0, 0.05) is 5.92 Å². The van der Waals surface area contributed by atoms with Gasteiger partial charge in [0.15, 0.2) is 6.29 Å². The monoisotopic (exact) mass is 360 g/mol. The lowest BCUT2D eigenvalue weighted by Gasteiger charge is -2.36. The summed E-state index contributed by atoms with van der Waals surface area (Å²) in [7, 11) is 0. The fraction of sp³-hybridized carbons (Fsp3) is 0.292. The van der Waals surface area contributed by atoms with Gasteiger partial charge < -0.3 is 9.84 Å². The maximum absolute atomic E-state index is 10.5. The van der Waals surface area contributed by atoms with Crippen molar-refractivity contribution in [1.82, 2.24) is 0 Å². The maximum Gasteiger partial charge on any atom is 0.157 e. The van der Waals surface area contributed by atoms with E-state index in [2.05, 4.69) is 36.4 Å². The SMILES string of the molecule is O=CCOc1ccc([C@@H]2c3ccc(O)cc3CC[C@@H]2C2=CC=CCC2)cc1. The Morgan fingerprint density at radius 1 is 1.11 bits per heavy atom. The van der Waals surface area contributed by atoms with Crippen molar-refractivity contribution in [3.63, 3.8) is 0 Å². The van der Waals surface area contributed by atoms with Crippen molar-refractivity contribution >= 4 is 6.29 Å². The molecule has 2 aromatic rings. The summed E-state index contributed by atoms with van der Waals surface area (Å²) in [5.41, 5.74) is 5.31. The Kier molecular flexibility index (Phi) is 5.10. The van der Waals surface area contributed by atoms with E-state index in [0.717, 1.165) is 32.0 Å². The second-order valence-electron chi connectivity index (χ2n) is 7.26. The molecule has 0 amide bonds. The summed E-state index contributed by atoms with van der Waals surface area (Å²) in [5.74, 6) is 1.79. The summed E-state index contributed by atoms with van der Waals surface area (Å²) in [6, 6.07) is 13.9. The van der Waals surface area contributed by atoms with Crippen LogP contribution in [0.4, 0.5) is 0 Å². The summed E-state index contributed by atoms with van der Waals surface area (Å²) < 4.78 is 5.40. The normalized spacial score (nSPS) is 21.3. The van der Waals surface area contributed by atoms with E-state index in [0.29, 0.717) is 17.4 Å². The molecule has 1 N–H and O–H groups in total. The molecule has 4 rings (SSSR count). The van der Waals surface area contributed by atoms with E-state index in [1.54, 1.807) is 6.07 Å². The van der Waals surface area contributed by atoms with Gasteiger partial charge in [-0.2, -0.15) is 0 Å². The van der Waals surface area contributed by atoms with Crippen molar-refractivity contribution < 1.29 is 14.6 Å². The number of carbonyl (C=O) groups excluding carboxylic acids is 1. The molecular weight excluding hydrogens is 336 g/mol. The van der Waals surface area contributed by atoms with Gasteiger partial charge in [-0.3, -0.25) is 4.79 Å². The van der Waals surface area contributed by atoms with Gasteiger partial charge in [-0.1, -0.05) is 42.0 Å². The Labute approximate surface area is 160 Å². The van der Waals surface area contributed by atoms with Gasteiger partial charge in [0.1, 0.15) is 18.1 Å². The van der Waals surface area contributed by atoms with Crippen molar-refractivity contribution in [2.45, 2.75) is 31.6 Å². The van der Waals surface area contributed by atoms with Crippen LogP contribution in [0.2, 0.25) is 0 Å². The van der Waals surface area contributed by atoms with Crippen LogP contribution in [-0.2, 0) is 11.2 Å². The molecule has 3 nitrogen and oxygen atoms in total. The molecule has 2 aliphatic rings. The minimum absolute atomic E-state index is 0.0761. The number of hydrogen-bond acceptors (Lipinski definition) is 3. The molecule has 0 aromatic heterocycles. The van der Waals surface area contributed by atoms with E-state index in [1.807, 2.05) is 18.2 Å². The first-order chi connectivity index (χ1) is 13.3. The first-order valence-electron chi connectivity index (χ1n) is 9.60. The highest BCUT2D eigenvalue weighted by molar-refractivity contribution is 5.52. The van der Waals surface area contributed by atoms with E-state index in [4.69, 9.17) is 4.74 Å². The molecule has 0 unspecified atom stereocenters. The molecule has 2 aromatic carbocycles. The number of carbonyl (C=O) groups is 1. The summed E-state index contributed by atoms with van der Waals surface area (Å²) in [6.07, 6.45) is 11.8. The average molecular weight is 360 g/mol. The molecule has 138 valence electrons. The lowest BCUT2D eigenvalue weighted by Crippen LogP contribution is -2.24. The van der Waals surface area contributed by atoms with Gasteiger partial charge in [0.05, 0.1) is 0 Å². The highest BCUT2D eigenvalue weighted by atomic mass is 16.5. The average Bonchev–Trinajstić information content (AvgIpc) is 2.72. The molecular formula is C24H24O3. The minimum Gasteiger partial charge on any atom is -0.508 e. The van der Waals surface area contributed by atoms with E-state index < -0.39 is 0 Å². The van der Waals surface area contributed by atoms with E-state index >= 15 is 0 Å². The molecule has 0 saturated heterocycles. The highest BCUT2D eigenvalue weighted by Gasteiger charge is 2.33. The Morgan fingerprint density at radius 2 is 1.96 bits per heavy atom. The number of fused-ring (bicyclic) bond motifs is 1. The van der Waals surface area contributed by atoms with Crippen LogP contribution in [0, 0.1) is 5.92 Å². The number of phenolic OH excluding ortho intramolecular Hbond substituents is 1. The predicted molar refractivity (Wildman–Crippen MR) is 106 cm³/mol. The van der Waals surface area contributed by atoms with Crippen LogP contribution in [0.15, 0.2) is 66.3 Å². The van der Waals surface area contributed by atoms with Crippen molar-refractivity contribution in [3.8, 4) is 11.5 Å². The predicted octanol–water partition coefficient (Wildman–Crippen LogP) is 4.94. The van der Waals surface area contributed by atoms with Gasteiger partial charge in [0.2, 0.25) is 0 Å². The topological polar surface area (TPSA) is 46.5 Å². The smallest absolute Gasteiger partial charge is 0.157 e. The Bertz CT molecular complexity index is 877. The summed E-state index contributed by atoms with van der Waals surface area (Å²) in [5, 5.41) is 9.91. The number of aldehydes is 1. The number of phenols is 1. The number of rotatable bonds is 5. The molecule has 0 saturated carbocycles. The highest BCUT2D eigenvalue weighted by Crippen LogP contribution is 2.46. The van der Waals surface area contributed by atoms with Gasteiger partial charge in [-0.05, 0) is 72.6 Å². The van der Waals surface area contributed by atoms with Crippen LogP contribution in [0.25, 0.3) is 0 Å². The first kappa shape index (κ1) is 17.6. The minimum atomic E-state index is 0.0761. The third kappa shape index (κ3) is 3.68. The van der Waals surface area contributed by atoms with Crippen LogP contribution in [-0.4, -0.2) is 18.0 Å². The molecule has 0 heterocycles. The standard InChI is InChI=1S/C24H24O3/c25-14-15-27-21-10-6-18(7-11-21)24-22(17-4-2-1-3-5-17)12-8-19-16-20(26)9-13-23(19)24/h1-2,4,6-7,9-11,13-14,16,22,24,26H,3,5,8,12,15H2/t22-,24+/m1/s1. The summed E-state index contributed by atoms with van der Waals surface area (Å²) in [6.45, 7) is 0.0761. The first-order valence-corrected chi connectivity index (χ1v) is 9.60. The molecule has 2 aliphatic carbocycles. The van der Waals surface area contributed by atoms with Gasteiger partial charge in [-0.25, -0.2) is 0 Å². The number of aryl methyl sites for hydroxylation is 1. The number of aromatic hydroxyl groups is 1. The third-order valence-corrected chi connectivity index (χ3v) is 5.67. The van der Waals surface area contributed by atoms with Crippen molar-refractivity contribution in [3.05, 3.63) is 83.0 Å².